The second-order valence-corrected chi connectivity index (χ2v) is 7.14. The molecular formula is C12H17N5O3S. The number of rotatable bonds is 3. The summed E-state index contributed by atoms with van der Waals surface area (Å²) in [6.07, 6.45) is 4.60. The van der Waals surface area contributed by atoms with Gasteiger partial charge in [-0.05, 0) is 19.8 Å². The maximum Gasteiger partial charge on any atom is 0.262 e. The zero-order chi connectivity index (χ0) is 15.0. The molecule has 114 valence electrons. The molecule has 8 nitrogen and oxygen atoms in total. The Labute approximate surface area is 122 Å². The van der Waals surface area contributed by atoms with Gasteiger partial charge in [0.05, 0.1) is 12.2 Å². The van der Waals surface area contributed by atoms with Gasteiger partial charge in [0.1, 0.15) is 0 Å². The molecule has 0 spiro atoms. The van der Waals surface area contributed by atoms with Crippen LogP contribution in [0.5, 0.6) is 0 Å². The first kappa shape index (κ1) is 14.2. The largest absolute Gasteiger partial charge is 0.339 e. The van der Waals surface area contributed by atoms with Crippen LogP contribution in [0.3, 0.4) is 0 Å². The lowest BCUT2D eigenvalue weighted by molar-refractivity contribution is 0.265. The molecule has 2 aromatic rings. The van der Waals surface area contributed by atoms with Crippen molar-refractivity contribution >= 4 is 10.0 Å². The lowest BCUT2D eigenvalue weighted by atomic mass is 10.00. The molecule has 1 saturated heterocycles. The van der Waals surface area contributed by atoms with E-state index in [1.165, 1.54) is 16.8 Å². The standard InChI is InChI=1S/C12H17N5O3S/c1-9-14-12(20-15-9)10-4-3-5-17(6-10)21(18,19)11-7-16(2)8-13-11/h7-8,10H,3-6H2,1-2H3. The molecule has 0 N–H and O–H groups in total. The first-order chi connectivity index (χ1) is 9.96. The van der Waals surface area contributed by atoms with E-state index in [0.717, 1.165) is 12.8 Å². The molecule has 0 aliphatic carbocycles. The Kier molecular flexibility index (Phi) is 3.54. The summed E-state index contributed by atoms with van der Waals surface area (Å²) in [5.74, 6) is 1.02. The van der Waals surface area contributed by atoms with Crippen LogP contribution in [0.15, 0.2) is 22.1 Å². The van der Waals surface area contributed by atoms with Crippen molar-refractivity contribution in [2.75, 3.05) is 13.1 Å². The molecule has 2 aromatic heterocycles. The Morgan fingerprint density at radius 2 is 2.24 bits per heavy atom. The van der Waals surface area contributed by atoms with Crippen LogP contribution >= 0.6 is 0 Å². The third kappa shape index (κ3) is 2.70. The van der Waals surface area contributed by atoms with Gasteiger partial charge in [-0.1, -0.05) is 5.16 Å². The highest BCUT2D eigenvalue weighted by Gasteiger charge is 2.34. The molecule has 3 heterocycles. The van der Waals surface area contributed by atoms with Gasteiger partial charge in [0, 0.05) is 26.3 Å². The zero-order valence-corrected chi connectivity index (χ0v) is 12.7. The van der Waals surface area contributed by atoms with E-state index in [0.29, 0.717) is 24.8 Å². The van der Waals surface area contributed by atoms with E-state index in [1.807, 2.05) is 0 Å². The molecule has 0 bridgehead atoms. The van der Waals surface area contributed by atoms with Crippen molar-refractivity contribution in [2.24, 2.45) is 7.05 Å². The Hall–Kier alpha value is -1.74. The van der Waals surface area contributed by atoms with Crippen molar-refractivity contribution in [3.05, 3.63) is 24.2 Å². The molecule has 1 unspecified atom stereocenters. The molecular weight excluding hydrogens is 294 g/mol. The average molecular weight is 311 g/mol. The SMILES string of the molecule is Cc1noc(C2CCCN(S(=O)(=O)c3cn(C)cn3)C2)n1. The lowest BCUT2D eigenvalue weighted by Gasteiger charge is -2.29. The van der Waals surface area contributed by atoms with Crippen LogP contribution in [0.1, 0.15) is 30.5 Å². The first-order valence-corrected chi connectivity index (χ1v) is 8.19. The number of aryl methyl sites for hydroxylation is 2. The number of hydrogen-bond acceptors (Lipinski definition) is 6. The van der Waals surface area contributed by atoms with Gasteiger partial charge >= 0.3 is 0 Å². The molecule has 21 heavy (non-hydrogen) atoms. The third-order valence-electron chi connectivity index (χ3n) is 3.56. The highest BCUT2D eigenvalue weighted by molar-refractivity contribution is 7.89. The van der Waals surface area contributed by atoms with Crippen molar-refractivity contribution in [1.82, 2.24) is 24.0 Å². The van der Waals surface area contributed by atoms with Crippen molar-refractivity contribution in [2.45, 2.75) is 30.7 Å². The van der Waals surface area contributed by atoms with E-state index in [-0.39, 0.29) is 10.9 Å². The second-order valence-electron chi connectivity index (χ2n) is 5.26. The maximum atomic E-state index is 12.6. The van der Waals surface area contributed by atoms with Crippen LogP contribution < -0.4 is 0 Å². The maximum absolute atomic E-state index is 12.6. The summed E-state index contributed by atoms with van der Waals surface area (Å²) in [7, 11) is -1.82. The number of aromatic nitrogens is 4. The van der Waals surface area contributed by atoms with Gasteiger partial charge in [0.2, 0.25) is 5.89 Å². The van der Waals surface area contributed by atoms with Gasteiger partial charge in [-0.15, -0.1) is 0 Å². The zero-order valence-electron chi connectivity index (χ0n) is 11.9. The molecule has 0 amide bonds. The van der Waals surface area contributed by atoms with E-state index in [9.17, 15) is 8.42 Å². The second kappa shape index (κ2) is 5.23. The van der Waals surface area contributed by atoms with Crippen LogP contribution in [-0.4, -0.2) is 45.5 Å². The Morgan fingerprint density at radius 3 is 2.86 bits per heavy atom. The first-order valence-electron chi connectivity index (χ1n) is 6.75. The molecule has 3 rings (SSSR count). The fourth-order valence-corrected chi connectivity index (χ4v) is 3.99. The predicted octanol–water partition coefficient (Wildman–Crippen LogP) is 0.680. The fraction of sp³-hybridized carbons (Fsp3) is 0.583. The molecule has 1 aliphatic rings. The van der Waals surface area contributed by atoms with Gasteiger partial charge < -0.3 is 9.09 Å². The Morgan fingerprint density at radius 1 is 1.43 bits per heavy atom. The van der Waals surface area contributed by atoms with Crippen LogP contribution in [-0.2, 0) is 17.1 Å². The van der Waals surface area contributed by atoms with Crippen LogP contribution in [0.4, 0.5) is 0 Å². The van der Waals surface area contributed by atoms with Gasteiger partial charge in [-0.2, -0.15) is 9.29 Å². The highest BCUT2D eigenvalue weighted by Crippen LogP contribution is 2.28. The fourth-order valence-electron chi connectivity index (χ4n) is 2.50. The number of imidazole rings is 1. The van der Waals surface area contributed by atoms with Gasteiger partial charge in [0.25, 0.3) is 10.0 Å². The van der Waals surface area contributed by atoms with Crippen molar-refractivity contribution < 1.29 is 12.9 Å². The summed E-state index contributed by atoms with van der Waals surface area (Å²) in [5, 5.41) is 3.85. The molecule has 1 fully saturated rings. The van der Waals surface area contributed by atoms with Crippen LogP contribution in [0, 0.1) is 6.92 Å². The molecule has 0 aromatic carbocycles. The molecule has 0 radical (unpaired) electrons. The third-order valence-corrected chi connectivity index (χ3v) is 5.31. The van der Waals surface area contributed by atoms with E-state index in [1.54, 1.807) is 18.5 Å². The lowest BCUT2D eigenvalue weighted by Crippen LogP contribution is -2.39. The van der Waals surface area contributed by atoms with Gasteiger partial charge in [0.15, 0.2) is 10.9 Å². The van der Waals surface area contributed by atoms with Crippen LogP contribution in [0.2, 0.25) is 0 Å². The minimum Gasteiger partial charge on any atom is -0.339 e. The number of piperidine rings is 1. The molecule has 0 saturated carbocycles. The highest BCUT2D eigenvalue weighted by atomic mass is 32.2. The summed E-state index contributed by atoms with van der Waals surface area (Å²) < 4.78 is 33.4. The predicted molar refractivity (Wildman–Crippen MR) is 73.0 cm³/mol. The molecule has 1 atom stereocenters. The van der Waals surface area contributed by atoms with Crippen molar-refractivity contribution in [3.8, 4) is 0 Å². The normalized spacial score (nSPS) is 20.8. The Bertz CT molecular complexity index is 736. The van der Waals surface area contributed by atoms with Crippen molar-refractivity contribution in [3.63, 3.8) is 0 Å². The summed E-state index contributed by atoms with van der Waals surface area (Å²) in [5.41, 5.74) is 0. The summed E-state index contributed by atoms with van der Waals surface area (Å²) in [4.78, 5) is 8.16. The summed E-state index contributed by atoms with van der Waals surface area (Å²) in [6, 6.07) is 0. The number of sulfonamides is 1. The topological polar surface area (TPSA) is 94.1 Å². The van der Waals surface area contributed by atoms with E-state index >= 15 is 0 Å². The van der Waals surface area contributed by atoms with Gasteiger partial charge in [-0.25, -0.2) is 13.4 Å². The molecule has 9 heteroatoms. The summed E-state index contributed by atoms with van der Waals surface area (Å²) >= 11 is 0. The Balaban J connectivity index is 1.83. The number of nitrogens with zero attached hydrogens (tertiary/aromatic N) is 5. The van der Waals surface area contributed by atoms with Crippen molar-refractivity contribution in [1.29, 1.82) is 0 Å². The minimum absolute atomic E-state index is 0.0570. The smallest absolute Gasteiger partial charge is 0.262 e. The van der Waals surface area contributed by atoms with E-state index < -0.39 is 10.0 Å². The minimum atomic E-state index is -3.56. The monoisotopic (exact) mass is 311 g/mol. The van der Waals surface area contributed by atoms with Crippen LogP contribution in [0.25, 0.3) is 0 Å². The average Bonchev–Trinajstić information content (AvgIpc) is 3.08. The quantitative estimate of drug-likeness (QED) is 0.827. The van der Waals surface area contributed by atoms with E-state index in [4.69, 9.17) is 4.52 Å². The summed E-state index contributed by atoms with van der Waals surface area (Å²) in [6.45, 7) is 2.58. The molecule has 1 aliphatic heterocycles. The number of hydrogen-bond donors (Lipinski definition) is 0. The van der Waals surface area contributed by atoms with E-state index in [2.05, 4.69) is 15.1 Å². The van der Waals surface area contributed by atoms with Gasteiger partial charge in [-0.3, -0.25) is 0 Å².